The molecule has 2 amide bonds. The first-order valence-corrected chi connectivity index (χ1v) is 5.81. The molecule has 94 valence electrons. The highest BCUT2D eigenvalue weighted by atomic mass is 16.4. The quantitative estimate of drug-likeness (QED) is 0.715. The van der Waals surface area contributed by atoms with Crippen LogP contribution in [0.2, 0.25) is 0 Å². The number of urea groups is 1. The largest absolute Gasteiger partial charge is 0.481 e. The van der Waals surface area contributed by atoms with E-state index in [4.69, 9.17) is 11.5 Å². The molecule has 1 unspecified atom stereocenters. The molecule has 1 atom stereocenters. The first-order valence-electron chi connectivity index (χ1n) is 5.81. The summed E-state index contributed by atoms with van der Waals surface area (Å²) < 4.78 is 0. The van der Waals surface area contributed by atoms with Crippen molar-refractivity contribution in [2.45, 2.75) is 25.7 Å². The van der Waals surface area contributed by atoms with Gasteiger partial charge in [-0.1, -0.05) is 5.92 Å². The number of likely N-dealkylation sites (tertiary alicyclic amines) is 1. The van der Waals surface area contributed by atoms with Gasteiger partial charge in [-0.05, 0) is 25.2 Å². The van der Waals surface area contributed by atoms with Gasteiger partial charge in [-0.3, -0.25) is 4.79 Å². The number of hydrogen-bond donors (Lipinski definition) is 2. The van der Waals surface area contributed by atoms with Crippen LogP contribution in [-0.4, -0.2) is 41.6 Å². The van der Waals surface area contributed by atoms with Gasteiger partial charge in [0.1, 0.15) is 0 Å². The lowest BCUT2D eigenvalue weighted by Gasteiger charge is -2.32. The fourth-order valence-corrected chi connectivity index (χ4v) is 2.05. The van der Waals surface area contributed by atoms with E-state index in [1.807, 2.05) is 0 Å². The van der Waals surface area contributed by atoms with E-state index in [0.717, 1.165) is 19.4 Å². The minimum Gasteiger partial charge on any atom is -0.481 e. The van der Waals surface area contributed by atoms with E-state index >= 15 is 0 Å². The number of carbonyl (C=O) groups is 2. The highest BCUT2D eigenvalue weighted by molar-refractivity contribution is 5.74. The molecular weight excluding hydrogens is 220 g/mol. The normalized spacial score (nSPS) is 19.5. The zero-order valence-electron chi connectivity index (χ0n) is 9.82. The van der Waals surface area contributed by atoms with Gasteiger partial charge in [0, 0.05) is 19.5 Å². The molecule has 1 aliphatic rings. The van der Waals surface area contributed by atoms with Crippen molar-refractivity contribution in [2.24, 2.45) is 5.92 Å². The minimum atomic E-state index is -0.779. The van der Waals surface area contributed by atoms with E-state index < -0.39 is 5.97 Å². The lowest BCUT2D eigenvalue weighted by Crippen LogP contribution is -2.45. The number of amides is 2. The van der Waals surface area contributed by atoms with Crippen LogP contribution in [0.3, 0.4) is 0 Å². The number of terminal acetylenes is 1. The van der Waals surface area contributed by atoms with Gasteiger partial charge < -0.3 is 15.3 Å². The molecule has 1 aliphatic heterocycles. The van der Waals surface area contributed by atoms with Gasteiger partial charge in [-0.25, -0.2) is 4.79 Å². The van der Waals surface area contributed by atoms with Crippen molar-refractivity contribution in [1.82, 2.24) is 10.2 Å². The second kappa shape index (κ2) is 6.79. The monoisotopic (exact) mass is 238 g/mol. The van der Waals surface area contributed by atoms with Crippen molar-refractivity contribution in [3.05, 3.63) is 0 Å². The van der Waals surface area contributed by atoms with E-state index in [0.29, 0.717) is 13.0 Å². The third-order valence-corrected chi connectivity index (χ3v) is 2.91. The summed E-state index contributed by atoms with van der Waals surface area (Å²) in [5.74, 6) is 1.86. The van der Waals surface area contributed by atoms with Gasteiger partial charge in [0.2, 0.25) is 0 Å². The van der Waals surface area contributed by atoms with E-state index in [2.05, 4.69) is 11.2 Å². The maximum Gasteiger partial charge on any atom is 0.318 e. The molecule has 0 radical (unpaired) electrons. The van der Waals surface area contributed by atoms with Gasteiger partial charge in [0.15, 0.2) is 0 Å². The fourth-order valence-electron chi connectivity index (χ4n) is 2.05. The highest BCUT2D eigenvalue weighted by Gasteiger charge is 2.23. The van der Waals surface area contributed by atoms with E-state index in [-0.39, 0.29) is 24.9 Å². The summed E-state index contributed by atoms with van der Waals surface area (Å²) in [7, 11) is 0. The topological polar surface area (TPSA) is 69.6 Å². The van der Waals surface area contributed by atoms with Gasteiger partial charge >= 0.3 is 12.0 Å². The number of aliphatic carboxylic acids is 1. The third kappa shape index (κ3) is 4.77. The number of nitrogens with one attached hydrogen (secondary N) is 1. The first-order chi connectivity index (χ1) is 8.13. The summed E-state index contributed by atoms with van der Waals surface area (Å²) in [5, 5.41) is 11.2. The van der Waals surface area contributed by atoms with E-state index in [1.54, 1.807) is 4.90 Å². The molecule has 2 N–H and O–H groups in total. The van der Waals surface area contributed by atoms with Crippen molar-refractivity contribution in [3.8, 4) is 12.3 Å². The van der Waals surface area contributed by atoms with Crippen LogP contribution >= 0.6 is 0 Å². The number of rotatable bonds is 4. The lowest BCUT2D eigenvalue weighted by atomic mass is 9.93. The summed E-state index contributed by atoms with van der Waals surface area (Å²) in [6.45, 7) is 1.58. The fraction of sp³-hybridized carbons (Fsp3) is 0.667. The van der Waals surface area contributed by atoms with Gasteiger partial charge in [0.05, 0.1) is 6.54 Å². The molecule has 5 nitrogen and oxygen atoms in total. The molecule has 1 rings (SSSR count). The standard InChI is InChI=1S/C12H18N2O3/c1-2-7-13-12(17)14-8-3-4-10(9-14)5-6-11(15)16/h1,10H,3-9H2,(H,13,17)(H,15,16). The van der Waals surface area contributed by atoms with Crippen molar-refractivity contribution < 1.29 is 14.7 Å². The van der Waals surface area contributed by atoms with Gasteiger partial charge in [-0.15, -0.1) is 6.42 Å². The van der Waals surface area contributed by atoms with Crippen LogP contribution in [0.25, 0.3) is 0 Å². The highest BCUT2D eigenvalue weighted by Crippen LogP contribution is 2.20. The maximum atomic E-state index is 11.6. The Morgan fingerprint density at radius 3 is 2.94 bits per heavy atom. The zero-order valence-corrected chi connectivity index (χ0v) is 9.82. The summed E-state index contributed by atoms with van der Waals surface area (Å²) in [5.41, 5.74) is 0. The molecule has 0 saturated carbocycles. The maximum absolute atomic E-state index is 11.6. The number of piperidine rings is 1. The molecule has 0 aromatic carbocycles. The van der Waals surface area contributed by atoms with Crippen molar-refractivity contribution in [1.29, 1.82) is 0 Å². The van der Waals surface area contributed by atoms with E-state index in [1.165, 1.54) is 0 Å². The van der Waals surface area contributed by atoms with Crippen LogP contribution in [-0.2, 0) is 4.79 Å². The molecule has 1 heterocycles. The molecule has 17 heavy (non-hydrogen) atoms. The van der Waals surface area contributed by atoms with Crippen molar-refractivity contribution in [2.75, 3.05) is 19.6 Å². The Labute approximate surface area is 101 Å². The van der Waals surface area contributed by atoms with Gasteiger partial charge in [-0.2, -0.15) is 0 Å². The average Bonchev–Trinajstić information content (AvgIpc) is 2.33. The molecule has 5 heteroatoms. The first kappa shape index (κ1) is 13.4. The summed E-state index contributed by atoms with van der Waals surface area (Å²) in [4.78, 5) is 23.8. The van der Waals surface area contributed by atoms with Gasteiger partial charge in [0.25, 0.3) is 0 Å². The lowest BCUT2D eigenvalue weighted by molar-refractivity contribution is -0.137. The van der Waals surface area contributed by atoms with Crippen molar-refractivity contribution >= 4 is 12.0 Å². The number of carbonyl (C=O) groups excluding carboxylic acids is 1. The van der Waals surface area contributed by atoms with Crippen LogP contribution in [0.4, 0.5) is 4.79 Å². The summed E-state index contributed by atoms with van der Waals surface area (Å²) >= 11 is 0. The second-order valence-electron chi connectivity index (χ2n) is 4.25. The predicted molar refractivity (Wildman–Crippen MR) is 63.4 cm³/mol. The van der Waals surface area contributed by atoms with Crippen LogP contribution in [0, 0.1) is 18.3 Å². The predicted octanol–water partition coefficient (Wildman–Crippen LogP) is 0.906. The second-order valence-corrected chi connectivity index (χ2v) is 4.25. The van der Waals surface area contributed by atoms with Crippen molar-refractivity contribution in [3.63, 3.8) is 0 Å². The number of nitrogens with zero attached hydrogens (tertiary/aromatic N) is 1. The smallest absolute Gasteiger partial charge is 0.318 e. The van der Waals surface area contributed by atoms with Crippen LogP contribution < -0.4 is 5.32 Å². The Balaban J connectivity index is 2.35. The Morgan fingerprint density at radius 2 is 2.29 bits per heavy atom. The van der Waals surface area contributed by atoms with Crippen LogP contribution in [0.15, 0.2) is 0 Å². The molecule has 0 aliphatic carbocycles. The summed E-state index contributed by atoms with van der Waals surface area (Å²) in [6.07, 6.45) is 7.79. The number of carboxylic acids is 1. The SMILES string of the molecule is C#CCNC(=O)N1CCCC(CCC(=O)O)C1. The third-order valence-electron chi connectivity index (χ3n) is 2.91. The molecular formula is C12H18N2O3. The molecule has 0 aromatic rings. The molecule has 0 aromatic heterocycles. The Kier molecular flexibility index (Phi) is 5.34. The molecule has 1 saturated heterocycles. The Bertz CT molecular complexity index is 322. The molecule has 1 fully saturated rings. The van der Waals surface area contributed by atoms with Crippen LogP contribution in [0.1, 0.15) is 25.7 Å². The number of carboxylic acid groups (broad SMARTS) is 1. The Hall–Kier alpha value is -1.70. The Morgan fingerprint density at radius 1 is 1.53 bits per heavy atom. The summed E-state index contributed by atoms with van der Waals surface area (Å²) in [6, 6.07) is -0.150. The average molecular weight is 238 g/mol. The zero-order chi connectivity index (χ0) is 12.7. The van der Waals surface area contributed by atoms with Crippen LogP contribution in [0.5, 0.6) is 0 Å². The molecule has 0 bridgehead atoms. The minimum absolute atomic E-state index is 0.150. The number of hydrogen-bond acceptors (Lipinski definition) is 2. The molecule has 0 spiro atoms. The van der Waals surface area contributed by atoms with E-state index in [9.17, 15) is 9.59 Å².